The van der Waals surface area contributed by atoms with E-state index in [1.807, 2.05) is 6.92 Å². The summed E-state index contributed by atoms with van der Waals surface area (Å²) in [5.74, 6) is 0.158. The van der Waals surface area contributed by atoms with Gasteiger partial charge < -0.3 is 9.47 Å². The summed E-state index contributed by atoms with van der Waals surface area (Å²) < 4.78 is 10.4. The van der Waals surface area contributed by atoms with E-state index in [9.17, 15) is 4.79 Å². The molecule has 0 fully saturated rings. The van der Waals surface area contributed by atoms with Crippen molar-refractivity contribution in [3.05, 3.63) is 40.7 Å². The summed E-state index contributed by atoms with van der Waals surface area (Å²) in [5.41, 5.74) is 2.37. The number of methoxy groups -OCH3 is 2. The Bertz CT molecular complexity index is 1010. The maximum atomic E-state index is 12.8. The Morgan fingerprint density at radius 1 is 1.19 bits per heavy atom. The van der Waals surface area contributed by atoms with Crippen LogP contribution in [0.2, 0.25) is 5.02 Å². The molecule has 3 aromatic rings. The molecule has 0 unspecified atom stereocenters. The average Bonchev–Trinajstić information content (AvgIpc) is 3.10. The Hall–Kier alpha value is -2.36. The number of benzene rings is 1. The van der Waals surface area contributed by atoms with Gasteiger partial charge in [-0.3, -0.25) is 15.1 Å². The van der Waals surface area contributed by atoms with Gasteiger partial charge in [-0.1, -0.05) is 16.7 Å². The minimum absolute atomic E-state index is 0.319. The molecular weight excluding hydrogens is 408 g/mol. The van der Waals surface area contributed by atoms with Crippen LogP contribution in [0, 0.1) is 6.92 Å². The largest absolute Gasteiger partial charge is 0.496 e. The summed E-state index contributed by atoms with van der Waals surface area (Å²) in [4.78, 5) is 17.6. The SMILES string of the molecule is COc1nnc(NC(=O)c2cnc(C)cc2-c2cc(Cl)c(S)cc2OC)s1. The molecule has 0 aliphatic rings. The topological polar surface area (TPSA) is 86.2 Å². The van der Waals surface area contributed by atoms with Crippen molar-refractivity contribution in [2.45, 2.75) is 11.8 Å². The average molecular weight is 423 g/mol. The number of hydrogen-bond acceptors (Lipinski definition) is 8. The van der Waals surface area contributed by atoms with E-state index >= 15 is 0 Å². The fraction of sp³-hybridized carbons (Fsp3) is 0.176. The summed E-state index contributed by atoms with van der Waals surface area (Å²) in [6.07, 6.45) is 1.50. The number of nitrogens with one attached hydrogen (secondary N) is 1. The Balaban J connectivity index is 2.06. The van der Waals surface area contributed by atoms with E-state index in [1.165, 1.54) is 13.3 Å². The maximum Gasteiger partial charge on any atom is 0.295 e. The number of pyridine rings is 1. The zero-order valence-corrected chi connectivity index (χ0v) is 17.1. The highest BCUT2D eigenvalue weighted by molar-refractivity contribution is 7.80. The molecular formula is C17H15ClN4O3S2. The Kier molecular flexibility index (Phi) is 5.83. The van der Waals surface area contributed by atoms with Crippen molar-refractivity contribution in [2.24, 2.45) is 0 Å². The second-order valence-corrected chi connectivity index (χ2v) is 7.24. The zero-order valence-electron chi connectivity index (χ0n) is 14.6. The molecule has 0 radical (unpaired) electrons. The quantitative estimate of drug-likeness (QED) is 0.601. The van der Waals surface area contributed by atoms with E-state index in [-0.39, 0.29) is 5.91 Å². The molecule has 1 N–H and O–H groups in total. The molecule has 140 valence electrons. The van der Waals surface area contributed by atoms with E-state index in [4.69, 9.17) is 21.1 Å². The number of halogens is 1. The molecule has 2 heterocycles. The monoisotopic (exact) mass is 422 g/mol. The number of amides is 1. The summed E-state index contributed by atoms with van der Waals surface area (Å²) in [5, 5.41) is 11.5. The summed E-state index contributed by atoms with van der Waals surface area (Å²) >= 11 is 11.7. The normalized spacial score (nSPS) is 10.6. The highest BCUT2D eigenvalue weighted by atomic mass is 35.5. The molecule has 0 atom stereocenters. The van der Waals surface area contributed by atoms with Crippen molar-refractivity contribution < 1.29 is 14.3 Å². The van der Waals surface area contributed by atoms with Crippen LogP contribution in [0.25, 0.3) is 11.1 Å². The lowest BCUT2D eigenvalue weighted by Crippen LogP contribution is -2.14. The number of carbonyl (C=O) groups is 1. The van der Waals surface area contributed by atoms with E-state index in [0.717, 1.165) is 17.0 Å². The van der Waals surface area contributed by atoms with Gasteiger partial charge in [0.05, 0.1) is 24.8 Å². The fourth-order valence-corrected chi connectivity index (χ4v) is 3.29. The van der Waals surface area contributed by atoms with Gasteiger partial charge in [0.25, 0.3) is 11.1 Å². The number of hydrogen-bond donors (Lipinski definition) is 2. The first-order valence-electron chi connectivity index (χ1n) is 7.65. The lowest BCUT2D eigenvalue weighted by Gasteiger charge is -2.14. The first-order chi connectivity index (χ1) is 12.9. The van der Waals surface area contributed by atoms with E-state index in [1.54, 1.807) is 25.3 Å². The van der Waals surface area contributed by atoms with Crippen molar-refractivity contribution in [3.8, 4) is 22.1 Å². The van der Waals surface area contributed by atoms with Crippen LogP contribution in [0.5, 0.6) is 10.9 Å². The van der Waals surface area contributed by atoms with Crippen molar-refractivity contribution in [2.75, 3.05) is 19.5 Å². The summed E-state index contributed by atoms with van der Waals surface area (Å²) in [7, 11) is 3.02. The van der Waals surface area contributed by atoms with Crippen LogP contribution in [0.4, 0.5) is 5.13 Å². The van der Waals surface area contributed by atoms with E-state index < -0.39 is 0 Å². The van der Waals surface area contributed by atoms with Gasteiger partial charge in [0, 0.05) is 27.9 Å². The molecule has 1 amide bonds. The number of ether oxygens (including phenoxy) is 2. The Morgan fingerprint density at radius 2 is 1.96 bits per heavy atom. The molecule has 1 aromatic carbocycles. The summed E-state index contributed by atoms with van der Waals surface area (Å²) in [6, 6.07) is 5.21. The van der Waals surface area contributed by atoms with Crippen LogP contribution in [0.1, 0.15) is 16.1 Å². The van der Waals surface area contributed by atoms with Gasteiger partial charge in [-0.2, -0.15) is 0 Å². The predicted molar refractivity (Wildman–Crippen MR) is 108 cm³/mol. The Morgan fingerprint density at radius 3 is 2.63 bits per heavy atom. The fourth-order valence-electron chi connectivity index (χ4n) is 2.39. The smallest absolute Gasteiger partial charge is 0.295 e. The molecule has 0 bridgehead atoms. The lowest BCUT2D eigenvalue weighted by atomic mass is 9.99. The van der Waals surface area contributed by atoms with Crippen molar-refractivity contribution in [1.82, 2.24) is 15.2 Å². The highest BCUT2D eigenvalue weighted by Crippen LogP contribution is 2.38. The van der Waals surface area contributed by atoms with Crippen molar-refractivity contribution >= 4 is 46.6 Å². The van der Waals surface area contributed by atoms with Crippen LogP contribution in [-0.4, -0.2) is 35.3 Å². The van der Waals surface area contributed by atoms with Gasteiger partial charge in [0.15, 0.2) is 0 Å². The van der Waals surface area contributed by atoms with E-state index in [2.05, 4.69) is 33.1 Å². The molecule has 3 rings (SSSR count). The molecule has 0 spiro atoms. The second kappa shape index (κ2) is 8.12. The molecule has 0 aliphatic heterocycles. The van der Waals surface area contributed by atoms with E-state index in [0.29, 0.717) is 42.7 Å². The number of carbonyl (C=O) groups excluding carboxylic acids is 1. The van der Waals surface area contributed by atoms with Crippen molar-refractivity contribution in [3.63, 3.8) is 0 Å². The predicted octanol–water partition coefficient (Wildman–Crippen LogP) is 4.12. The number of nitrogens with zero attached hydrogens (tertiary/aromatic N) is 3. The number of aryl methyl sites for hydroxylation is 1. The molecule has 7 nitrogen and oxygen atoms in total. The minimum Gasteiger partial charge on any atom is -0.496 e. The first kappa shape index (κ1) is 19.4. The van der Waals surface area contributed by atoms with Crippen LogP contribution in [0.15, 0.2) is 29.3 Å². The third kappa shape index (κ3) is 4.15. The van der Waals surface area contributed by atoms with Crippen LogP contribution >= 0.6 is 35.6 Å². The van der Waals surface area contributed by atoms with Crippen LogP contribution in [0.3, 0.4) is 0 Å². The standard InChI is InChI=1S/C17H15ClN4O3S2/c1-8-4-9(10-5-12(18)14(26)6-13(10)24-2)11(7-19-8)15(23)20-16-21-22-17(25-3)27-16/h4-7,26H,1-3H3,(H,20,21,23). The molecule has 0 saturated carbocycles. The number of rotatable bonds is 5. The minimum atomic E-state index is -0.385. The number of anilines is 1. The summed E-state index contributed by atoms with van der Waals surface area (Å²) in [6.45, 7) is 1.84. The zero-order chi connectivity index (χ0) is 19.6. The van der Waals surface area contributed by atoms with Gasteiger partial charge in [0.1, 0.15) is 5.75 Å². The first-order valence-corrected chi connectivity index (χ1v) is 9.29. The number of aromatic nitrogens is 3. The molecule has 27 heavy (non-hydrogen) atoms. The molecule has 10 heteroatoms. The van der Waals surface area contributed by atoms with Crippen LogP contribution in [-0.2, 0) is 0 Å². The second-order valence-electron chi connectivity index (χ2n) is 5.41. The van der Waals surface area contributed by atoms with Gasteiger partial charge >= 0.3 is 0 Å². The highest BCUT2D eigenvalue weighted by Gasteiger charge is 2.19. The van der Waals surface area contributed by atoms with Gasteiger partial charge in [0.2, 0.25) is 5.13 Å². The third-order valence-corrected chi connectivity index (χ3v) is 5.26. The molecule has 0 aliphatic carbocycles. The van der Waals surface area contributed by atoms with Crippen molar-refractivity contribution in [1.29, 1.82) is 0 Å². The van der Waals surface area contributed by atoms with Gasteiger partial charge in [-0.05, 0) is 36.5 Å². The Labute approximate surface area is 170 Å². The lowest BCUT2D eigenvalue weighted by molar-refractivity contribution is 0.102. The third-order valence-electron chi connectivity index (χ3n) is 3.65. The molecule has 2 aromatic heterocycles. The molecule has 0 saturated heterocycles. The van der Waals surface area contributed by atoms with Gasteiger partial charge in [-0.25, -0.2) is 0 Å². The van der Waals surface area contributed by atoms with Crippen LogP contribution < -0.4 is 14.8 Å². The number of thiol groups is 1. The van der Waals surface area contributed by atoms with Gasteiger partial charge in [-0.15, -0.1) is 17.7 Å². The maximum absolute atomic E-state index is 12.8.